The summed E-state index contributed by atoms with van der Waals surface area (Å²) in [6, 6.07) is 0. The largest absolute Gasteiger partial charge is 0.299 e. The standard InChI is InChI=1S/C9H14NO2/c1-8-3-4-9(2,10(8)12)6-7(11)5-8/h3-6H2,1-2H3/q+1. The molecule has 0 saturated carbocycles. The SMILES string of the molecule is CC12CCC(C)(CC(=O)C1)[N+]2=O. The molecule has 0 aromatic carbocycles. The van der Waals surface area contributed by atoms with Gasteiger partial charge >= 0.3 is 0 Å². The normalized spacial score (nSPS) is 46.8. The lowest BCUT2D eigenvalue weighted by atomic mass is 9.87. The highest BCUT2D eigenvalue weighted by atomic mass is 16.3. The minimum atomic E-state index is -0.385. The van der Waals surface area contributed by atoms with E-state index >= 15 is 0 Å². The number of hydrogen-bond acceptors (Lipinski definition) is 2. The molecule has 0 amide bonds. The average Bonchev–Trinajstić information content (AvgIpc) is 2.16. The van der Waals surface area contributed by atoms with Gasteiger partial charge in [-0.3, -0.25) is 4.79 Å². The van der Waals surface area contributed by atoms with E-state index in [1.165, 1.54) is 4.76 Å². The van der Waals surface area contributed by atoms with E-state index in [1.807, 2.05) is 13.8 Å². The molecule has 2 rings (SSSR count). The number of piperidine rings is 1. The molecule has 3 nitrogen and oxygen atoms in total. The molecule has 0 N–H and O–H groups in total. The number of nitroso groups, excluding NO2 is 1. The Labute approximate surface area is 71.7 Å². The lowest BCUT2D eigenvalue weighted by molar-refractivity contribution is -0.668. The zero-order chi connectivity index (χ0) is 8.98. The van der Waals surface area contributed by atoms with E-state index < -0.39 is 0 Å². The summed E-state index contributed by atoms with van der Waals surface area (Å²) in [5.74, 6) is 0.254. The molecule has 2 atom stereocenters. The first-order chi connectivity index (χ1) is 5.46. The lowest BCUT2D eigenvalue weighted by Gasteiger charge is -2.24. The van der Waals surface area contributed by atoms with Crippen LogP contribution in [-0.4, -0.2) is 21.6 Å². The summed E-state index contributed by atoms with van der Waals surface area (Å²) in [7, 11) is 0. The first kappa shape index (κ1) is 7.90. The second-order valence-electron chi connectivity index (χ2n) is 4.68. The molecule has 2 fully saturated rings. The van der Waals surface area contributed by atoms with Crippen molar-refractivity contribution in [1.29, 1.82) is 0 Å². The molecule has 0 spiro atoms. The van der Waals surface area contributed by atoms with E-state index in [0.29, 0.717) is 12.8 Å². The number of carbonyl (C=O) groups excluding carboxylic acids is 1. The lowest BCUT2D eigenvalue weighted by Crippen LogP contribution is -2.49. The zero-order valence-electron chi connectivity index (χ0n) is 7.59. The third-order valence-corrected chi connectivity index (χ3v) is 3.34. The van der Waals surface area contributed by atoms with Gasteiger partial charge in [0.2, 0.25) is 11.1 Å². The first-order valence-electron chi connectivity index (χ1n) is 4.46. The van der Waals surface area contributed by atoms with Gasteiger partial charge in [0.15, 0.2) is 0 Å². The van der Waals surface area contributed by atoms with Crippen molar-refractivity contribution in [2.75, 3.05) is 0 Å². The van der Waals surface area contributed by atoms with Crippen molar-refractivity contribution in [3.05, 3.63) is 4.91 Å². The molecule has 2 heterocycles. The van der Waals surface area contributed by atoms with Crippen LogP contribution in [0.2, 0.25) is 0 Å². The molecule has 3 heteroatoms. The average molecular weight is 168 g/mol. The number of Topliss-reactive ketones (excluding diaryl/α,β-unsaturated/α-hetero) is 1. The van der Waals surface area contributed by atoms with Crippen molar-refractivity contribution in [1.82, 2.24) is 0 Å². The maximum atomic E-state index is 11.7. The minimum Gasteiger partial charge on any atom is -0.299 e. The minimum absolute atomic E-state index is 0.254. The van der Waals surface area contributed by atoms with Crippen LogP contribution < -0.4 is 0 Å². The van der Waals surface area contributed by atoms with Crippen LogP contribution in [0.5, 0.6) is 0 Å². The van der Waals surface area contributed by atoms with Gasteiger partial charge in [-0.1, -0.05) is 0 Å². The van der Waals surface area contributed by atoms with Crippen LogP contribution in [0.4, 0.5) is 0 Å². The predicted molar refractivity (Wildman–Crippen MR) is 43.9 cm³/mol. The van der Waals surface area contributed by atoms with Crippen LogP contribution in [0.25, 0.3) is 0 Å². The van der Waals surface area contributed by atoms with Gasteiger partial charge in [-0.25, -0.2) is 0 Å². The van der Waals surface area contributed by atoms with Crippen LogP contribution in [0.15, 0.2) is 0 Å². The van der Waals surface area contributed by atoms with E-state index in [1.54, 1.807) is 0 Å². The fourth-order valence-electron chi connectivity index (χ4n) is 2.63. The van der Waals surface area contributed by atoms with Gasteiger partial charge in [0.25, 0.3) is 0 Å². The van der Waals surface area contributed by atoms with E-state index in [2.05, 4.69) is 0 Å². The van der Waals surface area contributed by atoms with Crippen molar-refractivity contribution < 1.29 is 9.55 Å². The number of rotatable bonds is 0. The van der Waals surface area contributed by atoms with Gasteiger partial charge in [0, 0.05) is 36.4 Å². The van der Waals surface area contributed by atoms with E-state index in [-0.39, 0.29) is 16.9 Å². The highest BCUT2D eigenvalue weighted by Crippen LogP contribution is 2.45. The highest BCUT2D eigenvalue weighted by molar-refractivity contribution is 5.81. The molecule has 2 saturated heterocycles. The summed E-state index contributed by atoms with van der Waals surface area (Å²) in [6.07, 6.45) is 2.65. The Bertz CT molecular complexity index is 250. The first-order valence-corrected chi connectivity index (χ1v) is 4.46. The molecular weight excluding hydrogens is 154 g/mol. The molecule has 0 aromatic rings. The molecule has 0 radical (unpaired) electrons. The molecule has 2 aliphatic heterocycles. The monoisotopic (exact) mass is 168 g/mol. The second kappa shape index (κ2) is 1.95. The topological polar surface area (TPSA) is 37.1 Å². The molecule has 2 bridgehead atoms. The summed E-state index contributed by atoms with van der Waals surface area (Å²) < 4.78 is 1.17. The van der Waals surface area contributed by atoms with Crippen molar-refractivity contribution in [2.24, 2.45) is 0 Å². The Morgan fingerprint density at radius 1 is 1.17 bits per heavy atom. The van der Waals surface area contributed by atoms with Crippen LogP contribution in [0.3, 0.4) is 0 Å². The molecular formula is C9H14NO2+. The third kappa shape index (κ3) is 0.793. The van der Waals surface area contributed by atoms with Crippen molar-refractivity contribution in [3.63, 3.8) is 0 Å². The number of ketones is 1. The molecule has 2 unspecified atom stereocenters. The Kier molecular flexibility index (Phi) is 1.28. The number of carbonyl (C=O) groups is 1. The summed E-state index contributed by atoms with van der Waals surface area (Å²) in [6.45, 7) is 3.81. The van der Waals surface area contributed by atoms with Crippen molar-refractivity contribution >= 4 is 5.78 Å². The molecule has 12 heavy (non-hydrogen) atoms. The third-order valence-electron chi connectivity index (χ3n) is 3.34. The van der Waals surface area contributed by atoms with Crippen LogP contribution in [0.1, 0.15) is 39.5 Å². The van der Waals surface area contributed by atoms with Crippen LogP contribution >= 0.6 is 0 Å². The fourth-order valence-corrected chi connectivity index (χ4v) is 2.63. The Balaban J connectivity index is 2.43. The summed E-state index contributed by atoms with van der Waals surface area (Å²) in [4.78, 5) is 23.1. The van der Waals surface area contributed by atoms with Crippen molar-refractivity contribution in [3.8, 4) is 0 Å². The number of fused-ring (bicyclic) bond motifs is 2. The van der Waals surface area contributed by atoms with Crippen LogP contribution in [0, 0.1) is 4.91 Å². The van der Waals surface area contributed by atoms with Gasteiger partial charge < -0.3 is 0 Å². The van der Waals surface area contributed by atoms with E-state index in [0.717, 1.165) is 12.8 Å². The highest BCUT2D eigenvalue weighted by Gasteiger charge is 2.64. The van der Waals surface area contributed by atoms with Crippen molar-refractivity contribution in [2.45, 2.75) is 50.6 Å². The molecule has 0 aliphatic carbocycles. The second-order valence-corrected chi connectivity index (χ2v) is 4.68. The van der Waals surface area contributed by atoms with Crippen LogP contribution in [-0.2, 0) is 4.79 Å². The Morgan fingerprint density at radius 3 is 2.00 bits per heavy atom. The quantitative estimate of drug-likeness (QED) is 0.513. The molecule has 66 valence electrons. The predicted octanol–water partition coefficient (Wildman–Crippen LogP) is 1.44. The van der Waals surface area contributed by atoms with E-state index in [9.17, 15) is 9.70 Å². The summed E-state index contributed by atoms with van der Waals surface area (Å²) >= 11 is 0. The smallest absolute Gasteiger partial charge is 0.215 e. The zero-order valence-corrected chi connectivity index (χ0v) is 7.59. The molecule has 2 aliphatic rings. The Hall–Kier alpha value is -0.730. The summed E-state index contributed by atoms with van der Waals surface area (Å²) in [5, 5.41) is 0. The summed E-state index contributed by atoms with van der Waals surface area (Å²) in [5.41, 5.74) is -0.770. The van der Waals surface area contributed by atoms with Gasteiger partial charge in [0.05, 0.1) is 12.8 Å². The van der Waals surface area contributed by atoms with Gasteiger partial charge in [-0.15, -0.1) is 0 Å². The van der Waals surface area contributed by atoms with Gasteiger partial charge in [0.1, 0.15) is 5.78 Å². The number of hydrogen-bond donors (Lipinski definition) is 0. The fraction of sp³-hybridized carbons (Fsp3) is 0.889. The Morgan fingerprint density at radius 2 is 1.58 bits per heavy atom. The maximum absolute atomic E-state index is 11.7. The number of nitrogens with zero attached hydrogens (tertiary/aromatic N) is 1. The maximum Gasteiger partial charge on any atom is 0.215 e. The molecule has 0 aromatic heterocycles. The van der Waals surface area contributed by atoms with Gasteiger partial charge in [-0.05, 0) is 0 Å². The van der Waals surface area contributed by atoms with Gasteiger partial charge in [-0.2, -0.15) is 0 Å². The van der Waals surface area contributed by atoms with E-state index in [4.69, 9.17) is 0 Å².